The highest BCUT2D eigenvalue weighted by molar-refractivity contribution is 7.99. The number of hydrogen-bond donors (Lipinski definition) is 1. The first-order valence-corrected chi connectivity index (χ1v) is 6.54. The second-order valence-corrected chi connectivity index (χ2v) is 5.07. The Hall–Kier alpha value is -1.44. The molecule has 100 valence electrons. The number of aromatic nitrogens is 4. The Balaban J connectivity index is 2.29. The average Bonchev–Trinajstić information content (AvgIpc) is 2.26. The molecule has 0 amide bonds. The van der Waals surface area contributed by atoms with Crippen LogP contribution in [0.1, 0.15) is 11.5 Å². The molecule has 0 aliphatic rings. The van der Waals surface area contributed by atoms with E-state index in [2.05, 4.69) is 19.9 Å². The molecule has 19 heavy (non-hydrogen) atoms. The molecule has 0 spiro atoms. The summed E-state index contributed by atoms with van der Waals surface area (Å²) in [4.78, 5) is 26.5. The molecule has 0 bridgehead atoms. The minimum absolute atomic E-state index is 0.202. The molecule has 0 fully saturated rings. The fraction of sp³-hybridized carbons (Fsp3) is 0.273. The second kappa shape index (κ2) is 6.14. The highest BCUT2D eigenvalue weighted by Crippen LogP contribution is 2.24. The van der Waals surface area contributed by atoms with Crippen LogP contribution in [0.3, 0.4) is 0 Å². The van der Waals surface area contributed by atoms with Gasteiger partial charge in [-0.3, -0.25) is 4.79 Å². The SMILES string of the molecule is COCc1nc(Cl)cc(Sc2nc(C)cc(=O)[nH]2)n1. The lowest BCUT2D eigenvalue weighted by molar-refractivity contribution is 0.177. The fourth-order valence-corrected chi connectivity index (χ4v) is 2.51. The Morgan fingerprint density at radius 3 is 2.84 bits per heavy atom. The van der Waals surface area contributed by atoms with Gasteiger partial charge in [-0.2, -0.15) is 0 Å². The van der Waals surface area contributed by atoms with Crippen LogP contribution in [0.4, 0.5) is 0 Å². The van der Waals surface area contributed by atoms with Gasteiger partial charge in [0.1, 0.15) is 16.8 Å². The number of H-pyrrole nitrogens is 1. The monoisotopic (exact) mass is 298 g/mol. The lowest BCUT2D eigenvalue weighted by Gasteiger charge is -2.04. The first-order valence-electron chi connectivity index (χ1n) is 5.35. The number of nitrogens with one attached hydrogen (secondary N) is 1. The molecule has 0 saturated heterocycles. The van der Waals surface area contributed by atoms with Crippen molar-refractivity contribution in [2.24, 2.45) is 0 Å². The quantitative estimate of drug-likeness (QED) is 0.685. The van der Waals surface area contributed by atoms with Crippen LogP contribution in [0, 0.1) is 6.92 Å². The van der Waals surface area contributed by atoms with E-state index in [1.54, 1.807) is 20.1 Å². The van der Waals surface area contributed by atoms with E-state index in [1.807, 2.05) is 0 Å². The van der Waals surface area contributed by atoms with Crippen molar-refractivity contribution in [2.45, 2.75) is 23.7 Å². The minimum atomic E-state index is -0.202. The third kappa shape index (κ3) is 4.02. The van der Waals surface area contributed by atoms with E-state index >= 15 is 0 Å². The van der Waals surface area contributed by atoms with Crippen LogP contribution in [-0.2, 0) is 11.3 Å². The molecule has 0 radical (unpaired) electrons. The number of ether oxygens (including phenoxy) is 1. The molecule has 6 nitrogen and oxygen atoms in total. The summed E-state index contributed by atoms with van der Waals surface area (Å²) < 4.78 is 4.96. The van der Waals surface area contributed by atoms with Crippen molar-refractivity contribution in [3.05, 3.63) is 39.2 Å². The van der Waals surface area contributed by atoms with Crippen LogP contribution in [0.2, 0.25) is 5.15 Å². The van der Waals surface area contributed by atoms with Gasteiger partial charge in [-0.15, -0.1) is 0 Å². The summed E-state index contributed by atoms with van der Waals surface area (Å²) in [6.45, 7) is 2.02. The van der Waals surface area contributed by atoms with Gasteiger partial charge >= 0.3 is 0 Å². The standard InChI is InChI=1S/C11H11ClN4O2S/c1-6-3-9(17)16-11(13-6)19-10-4-7(12)14-8(15-10)5-18-2/h3-4H,5H2,1-2H3,(H,13,16,17). The normalized spacial score (nSPS) is 10.7. The molecule has 0 aromatic carbocycles. The van der Waals surface area contributed by atoms with E-state index in [4.69, 9.17) is 16.3 Å². The van der Waals surface area contributed by atoms with E-state index < -0.39 is 0 Å². The highest BCUT2D eigenvalue weighted by Gasteiger charge is 2.07. The van der Waals surface area contributed by atoms with E-state index in [0.717, 1.165) is 0 Å². The van der Waals surface area contributed by atoms with Crippen LogP contribution >= 0.6 is 23.4 Å². The number of halogens is 1. The van der Waals surface area contributed by atoms with Gasteiger partial charge in [0.2, 0.25) is 0 Å². The van der Waals surface area contributed by atoms with Gasteiger partial charge in [0.05, 0.1) is 0 Å². The Morgan fingerprint density at radius 1 is 1.37 bits per heavy atom. The average molecular weight is 299 g/mol. The maximum absolute atomic E-state index is 11.3. The molecule has 2 rings (SSSR count). The number of aromatic amines is 1. The van der Waals surface area contributed by atoms with Crippen LogP contribution < -0.4 is 5.56 Å². The zero-order chi connectivity index (χ0) is 13.8. The van der Waals surface area contributed by atoms with Gasteiger partial charge in [0.25, 0.3) is 5.56 Å². The Morgan fingerprint density at radius 2 is 2.16 bits per heavy atom. The topological polar surface area (TPSA) is 80.8 Å². The fourth-order valence-electron chi connectivity index (χ4n) is 1.39. The molecular formula is C11H11ClN4O2S. The molecule has 1 N–H and O–H groups in total. The molecule has 8 heteroatoms. The van der Waals surface area contributed by atoms with Crippen molar-refractivity contribution >= 4 is 23.4 Å². The molecular weight excluding hydrogens is 288 g/mol. The van der Waals surface area contributed by atoms with Gasteiger partial charge in [-0.05, 0) is 18.7 Å². The predicted molar refractivity (Wildman–Crippen MR) is 71.5 cm³/mol. The van der Waals surface area contributed by atoms with Crippen molar-refractivity contribution in [3.63, 3.8) is 0 Å². The van der Waals surface area contributed by atoms with E-state index in [0.29, 0.717) is 26.9 Å². The molecule has 0 saturated carbocycles. The Bertz CT molecular complexity index is 647. The summed E-state index contributed by atoms with van der Waals surface area (Å²) in [5.74, 6) is 0.479. The molecule has 0 atom stereocenters. The number of hydrogen-bond acceptors (Lipinski definition) is 6. The summed E-state index contributed by atoms with van der Waals surface area (Å²) in [7, 11) is 1.55. The Labute approximate surface area is 118 Å². The number of nitrogens with zero attached hydrogens (tertiary/aromatic N) is 3. The molecule has 0 aliphatic heterocycles. The first kappa shape index (κ1) is 14.0. The van der Waals surface area contributed by atoms with Crippen molar-refractivity contribution in [3.8, 4) is 0 Å². The van der Waals surface area contributed by atoms with Gasteiger partial charge in [-0.25, -0.2) is 15.0 Å². The third-order valence-corrected chi connectivity index (χ3v) is 3.04. The van der Waals surface area contributed by atoms with Crippen LogP contribution in [0.15, 0.2) is 27.1 Å². The summed E-state index contributed by atoms with van der Waals surface area (Å²) in [6, 6.07) is 3.03. The lowest BCUT2D eigenvalue weighted by Crippen LogP contribution is -2.08. The zero-order valence-electron chi connectivity index (χ0n) is 10.3. The van der Waals surface area contributed by atoms with Gasteiger partial charge < -0.3 is 9.72 Å². The van der Waals surface area contributed by atoms with Crippen molar-refractivity contribution in [2.75, 3.05) is 7.11 Å². The maximum atomic E-state index is 11.3. The van der Waals surface area contributed by atoms with Crippen molar-refractivity contribution < 1.29 is 4.74 Å². The Kier molecular flexibility index (Phi) is 4.52. The number of aryl methyl sites for hydroxylation is 1. The minimum Gasteiger partial charge on any atom is -0.377 e. The van der Waals surface area contributed by atoms with Crippen LogP contribution in [0.5, 0.6) is 0 Å². The summed E-state index contributed by atoms with van der Waals surface area (Å²) in [5.41, 5.74) is 0.441. The third-order valence-electron chi connectivity index (χ3n) is 2.04. The number of rotatable bonds is 4. The smallest absolute Gasteiger partial charge is 0.251 e. The summed E-state index contributed by atoms with van der Waals surface area (Å²) >= 11 is 7.11. The summed E-state index contributed by atoms with van der Waals surface area (Å²) in [6.07, 6.45) is 0. The second-order valence-electron chi connectivity index (χ2n) is 3.67. The van der Waals surface area contributed by atoms with Gasteiger partial charge in [-0.1, -0.05) is 11.6 Å². The van der Waals surface area contributed by atoms with Crippen molar-refractivity contribution in [1.82, 2.24) is 19.9 Å². The molecule has 2 aromatic heterocycles. The molecule has 0 aliphatic carbocycles. The van der Waals surface area contributed by atoms with E-state index in [1.165, 1.54) is 17.8 Å². The summed E-state index contributed by atoms with van der Waals surface area (Å²) in [5, 5.41) is 1.38. The van der Waals surface area contributed by atoms with Crippen LogP contribution in [-0.4, -0.2) is 27.0 Å². The van der Waals surface area contributed by atoms with E-state index in [-0.39, 0.29) is 12.2 Å². The first-order chi connectivity index (χ1) is 9.06. The zero-order valence-corrected chi connectivity index (χ0v) is 11.9. The van der Waals surface area contributed by atoms with E-state index in [9.17, 15) is 4.79 Å². The highest BCUT2D eigenvalue weighted by atomic mass is 35.5. The largest absolute Gasteiger partial charge is 0.377 e. The maximum Gasteiger partial charge on any atom is 0.251 e. The number of methoxy groups -OCH3 is 1. The lowest BCUT2D eigenvalue weighted by atomic mass is 10.5. The van der Waals surface area contributed by atoms with Gasteiger partial charge in [0, 0.05) is 24.9 Å². The van der Waals surface area contributed by atoms with Crippen molar-refractivity contribution in [1.29, 1.82) is 0 Å². The molecule has 0 unspecified atom stereocenters. The van der Waals surface area contributed by atoms with Crippen LogP contribution in [0.25, 0.3) is 0 Å². The predicted octanol–water partition coefficient (Wildman–Crippen LogP) is 1.82. The molecule has 2 heterocycles. The van der Waals surface area contributed by atoms with Gasteiger partial charge in [0.15, 0.2) is 11.0 Å². The molecule has 2 aromatic rings.